The Bertz CT molecular complexity index is 423. The molecular formula is C17H31NO6. The van der Waals surface area contributed by atoms with Crippen molar-refractivity contribution in [1.82, 2.24) is 5.32 Å². The molecule has 0 aromatic heterocycles. The summed E-state index contributed by atoms with van der Waals surface area (Å²) in [6.45, 7) is 10.8. The quantitative estimate of drug-likeness (QED) is 0.466. The van der Waals surface area contributed by atoms with E-state index in [1.807, 2.05) is 13.8 Å². The Labute approximate surface area is 144 Å². The molecule has 0 rings (SSSR count). The summed E-state index contributed by atoms with van der Waals surface area (Å²) in [5, 5.41) is 11.6. The number of amides is 1. The number of alkyl carbamates (subject to hydrolysis) is 1. The van der Waals surface area contributed by atoms with Crippen LogP contribution in [0.2, 0.25) is 0 Å². The van der Waals surface area contributed by atoms with Crippen LogP contribution in [0.15, 0.2) is 0 Å². The molecule has 24 heavy (non-hydrogen) atoms. The molecule has 0 aliphatic heterocycles. The average Bonchev–Trinajstić information content (AvgIpc) is 2.44. The first-order chi connectivity index (χ1) is 11.1. The smallest absolute Gasteiger partial charge is 0.410 e. The van der Waals surface area contributed by atoms with Gasteiger partial charge >= 0.3 is 18.0 Å². The minimum absolute atomic E-state index is 0.0258. The highest BCUT2D eigenvalue weighted by molar-refractivity contribution is 5.73. The van der Waals surface area contributed by atoms with Crippen molar-refractivity contribution in [2.45, 2.75) is 73.1 Å². The normalized spacial score (nSPS) is 16.0. The Morgan fingerprint density at radius 1 is 1.04 bits per heavy atom. The van der Waals surface area contributed by atoms with Gasteiger partial charge in [-0.3, -0.25) is 9.59 Å². The zero-order chi connectivity index (χ0) is 18.9. The first-order valence-corrected chi connectivity index (χ1v) is 8.47. The zero-order valence-electron chi connectivity index (χ0n) is 15.5. The molecule has 0 aromatic rings. The van der Waals surface area contributed by atoms with Crippen molar-refractivity contribution in [1.29, 1.82) is 0 Å². The van der Waals surface area contributed by atoms with E-state index in [1.165, 1.54) is 6.92 Å². The molecule has 1 amide bonds. The van der Waals surface area contributed by atoms with E-state index >= 15 is 0 Å². The van der Waals surface area contributed by atoms with E-state index in [1.54, 1.807) is 13.8 Å². The maximum atomic E-state index is 12.0. The van der Waals surface area contributed by atoms with Gasteiger partial charge in [-0.05, 0) is 11.8 Å². The number of carboxylic acids is 1. The van der Waals surface area contributed by atoms with Gasteiger partial charge < -0.3 is 19.9 Å². The molecule has 2 N–H and O–H groups in total. The first kappa shape index (κ1) is 22.2. The van der Waals surface area contributed by atoms with Crippen LogP contribution in [0.3, 0.4) is 0 Å². The highest BCUT2D eigenvalue weighted by atomic mass is 16.7. The monoisotopic (exact) mass is 345 g/mol. The van der Waals surface area contributed by atoms with E-state index in [0.717, 1.165) is 12.8 Å². The molecule has 0 aromatic carbocycles. The van der Waals surface area contributed by atoms with Crippen molar-refractivity contribution >= 4 is 18.0 Å². The maximum Gasteiger partial charge on any atom is 0.410 e. The lowest BCUT2D eigenvalue weighted by Gasteiger charge is -2.28. The predicted molar refractivity (Wildman–Crippen MR) is 89.3 cm³/mol. The summed E-state index contributed by atoms with van der Waals surface area (Å²) < 4.78 is 9.94. The molecule has 0 aliphatic carbocycles. The van der Waals surface area contributed by atoms with Crippen molar-refractivity contribution in [2.75, 3.05) is 0 Å². The molecule has 7 nitrogen and oxygen atoms in total. The van der Waals surface area contributed by atoms with Gasteiger partial charge in [0.05, 0.1) is 12.3 Å². The SMILES string of the molecule is CCC[C@@H](C)[C@@H](C)[C@@H](CC(=O)O)NC(=O)O[C@H](C)OC(=O)C(C)C. The standard InChI is InChI=1S/C17H31NO6/c1-7-8-11(4)12(5)14(9-15(19)20)18-17(22)24-13(6)23-16(21)10(2)3/h10-14H,7-9H2,1-6H3,(H,18,22)(H,19,20)/t11-,12-,13-,14-/m1/s1. The lowest BCUT2D eigenvalue weighted by Crippen LogP contribution is -2.44. The second-order valence-electron chi connectivity index (χ2n) is 6.54. The van der Waals surface area contributed by atoms with Gasteiger partial charge in [-0.25, -0.2) is 4.79 Å². The molecular weight excluding hydrogens is 314 g/mol. The fourth-order valence-corrected chi connectivity index (χ4v) is 2.33. The molecule has 0 bridgehead atoms. The van der Waals surface area contributed by atoms with Crippen LogP contribution in [0.1, 0.15) is 60.8 Å². The van der Waals surface area contributed by atoms with Gasteiger partial charge in [-0.2, -0.15) is 0 Å². The predicted octanol–water partition coefficient (Wildman–Crippen LogP) is 3.17. The molecule has 0 heterocycles. The minimum Gasteiger partial charge on any atom is -0.481 e. The minimum atomic E-state index is -1.03. The highest BCUT2D eigenvalue weighted by Crippen LogP contribution is 2.22. The molecule has 0 fully saturated rings. The first-order valence-electron chi connectivity index (χ1n) is 8.47. The summed E-state index contributed by atoms with van der Waals surface area (Å²) in [7, 11) is 0. The highest BCUT2D eigenvalue weighted by Gasteiger charge is 2.27. The molecule has 4 atom stereocenters. The van der Waals surface area contributed by atoms with Gasteiger partial charge in [0.25, 0.3) is 0 Å². The Morgan fingerprint density at radius 3 is 2.08 bits per heavy atom. The summed E-state index contributed by atoms with van der Waals surface area (Å²) in [5.74, 6) is -1.55. The van der Waals surface area contributed by atoms with Crippen LogP contribution < -0.4 is 5.32 Å². The van der Waals surface area contributed by atoms with Crippen molar-refractivity contribution in [2.24, 2.45) is 17.8 Å². The van der Waals surface area contributed by atoms with E-state index < -0.39 is 30.4 Å². The van der Waals surface area contributed by atoms with Crippen LogP contribution in [-0.2, 0) is 19.1 Å². The molecule has 140 valence electrons. The van der Waals surface area contributed by atoms with Crippen LogP contribution in [0.25, 0.3) is 0 Å². The van der Waals surface area contributed by atoms with E-state index in [4.69, 9.17) is 14.6 Å². The van der Waals surface area contributed by atoms with E-state index in [9.17, 15) is 14.4 Å². The van der Waals surface area contributed by atoms with Crippen molar-refractivity contribution < 1.29 is 29.0 Å². The van der Waals surface area contributed by atoms with Crippen LogP contribution >= 0.6 is 0 Å². The molecule has 0 saturated heterocycles. The summed E-state index contributed by atoms with van der Waals surface area (Å²) in [5.41, 5.74) is 0. The van der Waals surface area contributed by atoms with Gasteiger partial charge in [-0.15, -0.1) is 0 Å². The number of aliphatic carboxylic acids is 1. The topological polar surface area (TPSA) is 102 Å². The number of esters is 1. The fourth-order valence-electron chi connectivity index (χ4n) is 2.33. The summed E-state index contributed by atoms with van der Waals surface area (Å²) in [6, 6.07) is -0.551. The van der Waals surface area contributed by atoms with E-state index in [-0.39, 0.29) is 24.2 Å². The molecule has 0 aliphatic rings. The number of hydrogen-bond donors (Lipinski definition) is 2. The Balaban J connectivity index is 4.69. The van der Waals surface area contributed by atoms with Crippen LogP contribution in [0.4, 0.5) is 4.79 Å². The number of rotatable bonds is 10. The van der Waals surface area contributed by atoms with Crippen LogP contribution in [0, 0.1) is 17.8 Å². The Kier molecular flexibility index (Phi) is 10.1. The molecule has 0 unspecified atom stereocenters. The number of carboxylic acid groups (broad SMARTS) is 1. The van der Waals surface area contributed by atoms with Gasteiger partial charge in [0, 0.05) is 13.0 Å². The fraction of sp³-hybridized carbons (Fsp3) is 0.824. The molecule has 0 radical (unpaired) electrons. The summed E-state index contributed by atoms with van der Waals surface area (Å²) in [6.07, 6.45) is -0.0895. The van der Waals surface area contributed by atoms with Gasteiger partial charge in [0.1, 0.15) is 0 Å². The second-order valence-corrected chi connectivity index (χ2v) is 6.54. The summed E-state index contributed by atoms with van der Waals surface area (Å²) in [4.78, 5) is 34.5. The van der Waals surface area contributed by atoms with Crippen LogP contribution in [0.5, 0.6) is 0 Å². The number of nitrogens with one attached hydrogen (secondary N) is 1. The Hall–Kier alpha value is -1.79. The lowest BCUT2D eigenvalue weighted by molar-refractivity contribution is -0.168. The van der Waals surface area contributed by atoms with E-state index in [2.05, 4.69) is 12.2 Å². The molecule has 0 saturated carbocycles. The number of ether oxygens (including phenoxy) is 2. The van der Waals surface area contributed by atoms with Gasteiger partial charge in [0.2, 0.25) is 6.29 Å². The van der Waals surface area contributed by atoms with Gasteiger partial charge in [0.15, 0.2) is 0 Å². The summed E-state index contributed by atoms with van der Waals surface area (Å²) >= 11 is 0. The number of hydrogen-bond acceptors (Lipinski definition) is 5. The van der Waals surface area contributed by atoms with Gasteiger partial charge in [-0.1, -0.05) is 47.5 Å². The molecule has 0 spiro atoms. The third-order valence-electron chi connectivity index (χ3n) is 4.00. The third kappa shape index (κ3) is 8.74. The van der Waals surface area contributed by atoms with E-state index in [0.29, 0.717) is 0 Å². The van der Waals surface area contributed by atoms with Crippen molar-refractivity contribution in [3.8, 4) is 0 Å². The third-order valence-corrected chi connectivity index (χ3v) is 4.00. The largest absolute Gasteiger partial charge is 0.481 e. The maximum absolute atomic E-state index is 12.0. The molecule has 7 heteroatoms. The Morgan fingerprint density at radius 2 is 1.62 bits per heavy atom. The number of carbonyl (C=O) groups excluding carboxylic acids is 2. The lowest BCUT2D eigenvalue weighted by atomic mass is 9.84. The second kappa shape index (κ2) is 10.9. The average molecular weight is 345 g/mol. The van der Waals surface area contributed by atoms with Crippen molar-refractivity contribution in [3.63, 3.8) is 0 Å². The van der Waals surface area contributed by atoms with Crippen molar-refractivity contribution in [3.05, 3.63) is 0 Å². The zero-order valence-corrected chi connectivity index (χ0v) is 15.5. The van der Waals surface area contributed by atoms with Crippen LogP contribution in [-0.4, -0.2) is 35.5 Å². The number of carbonyl (C=O) groups is 3.